The van der Waals surface area contributed by atoms with Gasteiger partial charge in [0, 0.05) is 9.97 Å². The highest BCUT2D eigenvalue weighted by molar-refractivity contribution is 14.1. The largest absolute Gasteiger partial charge is 0.375 e. The molecule has 0 radical (unpaired) electrons. The quantitative estimate of drug-likeness (QED) is 0.584. The van der Waals surface area contributed by atoms with Crippen molar-refractivity contribution in [1.29, 1.82) is 0 Å². The van der Waals surface area contributed by atoms with Crippen LogP contribution in [0.5, 0.6) is 0 Å². The minimum Gasteiger partial charge on any atom is -0.375 e. The number of ether oxygens (including phenoxy) is 1. The van der Waals surface area contributed by atoms with Gasteiger partial charge in [-0.2, -0.15) is 0 Å². The summed E-state index contributed by atoms with van der Waals surface area (Å²) in [5.74, 6) is 0. The lowest BCUT2D eigenvalue weighted by atomic mass is 9.87. The second-order valence-electron chi connectivity index (χ2n) is 3.96. The molecule has 0 unspecified atom stereocenters. The van der Waals surface area contributed by atoms with Gasteiger partial charge in [0.25, 0.3) is 0 Å². The minimum atomic E-state index is 0.369. The van der Waals surface area contributed by atoms with Crippen molar-refractivity contribution in [2.24, 2.45) is 0 Å². The fourth-order valence-electron chi connectivity index (χ4n) is 2.26. The average Bonchev–Trinajstić information content (AvgIpc) is 2.50. The van der Waals surface area contributed by atoms with E-state index in [-0.39, 0.29) is 0 Å². The van der Waals surface area contributed by atoms with Crippen molar-refractivity contribution >= 4 is 22.6 Å². The lowest BCUT2D eigenvalue weighted by Crippen LogP contribution is -2.49. The van der Waals surface area contributed by atoms with E-state index >= 15 is 0 Å². The van der Waals surface area contributed by atoms with Crippen LogP contribution in [0.25, 0.3) is 0 Å². The zero-order valence-corrected chi connectivity index (χ0v) is 9.47. The SMILES string of the molecule is IC[C@@H]1C[C@@]2(CCCCN2)CO1. The topological polar surface area (TPSA) is 21.3 Å². The Morgan fingerprint density at radius 2 is 2.42 bits per heavy atom. The number of hydrogen-bond acceptors (Lipinski definition) is 2. The van der Waals surface area contributed by atoms with Crippen molar-refractivity contribution in [2.75, 3.05) is 17.6 Å². The van der Waals surface area contributed by atoms with Crippen LogP contribution >= 0.6 is 22.6 Å². The third-order valence-corrected chi connectivity index (χ3v) is 3.95. The fraction of sp³-hybridized carbons (Fsp3) is 1.00. The maximum Gasteiger partial charge on any atom is 0.0683 e. The Morgan fingerprint density at radius 3 is 3.00 bits per heavy atom. The number of rotatable bonds is 1. The maximum atomic E-state index is 5.73. The van der Waals surface area contributed by atoms with Crippen LogP contribution in [-0.4, -0.2) is 29.2 Å². The number of nitrogens with one attached hydrogen (secondary N) is 1. The molecule has 2 rings (SSSR count). The van der Waals surface area contributed by atoms with Gasteiger partial charge in [0.2, 0.25) is 0 Å². The molecule has 0 aromatic carbocycles. The van der Waals surface area contributed by atoms with Gasteiger partial charge < -0.3 is 10.1 Å². The zero-order chi connectivity index (χ0) is 8.44. The Kier molecular flexibility index (Phi) is 2.92. The van der Waals surface area contributed by atoms with Crippen molar-refractivity contribution in [2.45, 2.75) is 37.3 Å². The van der Waals surface area contributed by atoms with Gasteiger partial charge >= 0.3 is 0 Å². The standard InChI is InChI=1S/C9H16INO/c10-6-8-5-9(7-12-8)3-1-2-4-11-9/h8,11H,1-7H2/t8-,9-/m0/s1. The van der Waals surface area contributed by atoms with Gasteiger partial charge in [0.1, 0.15) is 0 Å². The second kappa shape index (κ2) is 3.80. The molecule has 0 bridgehead atoms. The number of halogens is 1. The van der Waals surface area contributed by atoms with E-state index in [9.17, 15) is 0 Å². The van der Waals surface area contributed by atoms with Crippen LogP contribution in [0.15, 0.2) is 0 Å². The van der Waals surface area contributed by atoms with E-state index in [0.29, 0.717) is 11.6 Å². The van der Waals surface area contributed by atoms with E-state index in [1.165, 1.54) is 32.2 Å². The van der Waals surface area contributed by atoms with Crippen molar-refractivity contribution in [3.63, 3.8) is 0 Å². The Morgan fingerprint density at radius 1 is 1.50 bits per heavy atom. The predicted molar refractivity (Wildman–Crippen MR) is 57.8 cm³/mol. The first-order valence-electron chi connectivity index (χ1n) is 4.77. The summed E-state index contributed by atoms with van der Waals surface area (Å²) in [4.78, 5) is 0. The van der Waals surface area contributed by atoms with E-state index in [1.807, 2.05) is 0 Å². The third kappa shape index (κ3) is 1.77. The van der Waals surface area contributed by atoms with Gasteiger partial charge in [-0.25, -0.2) is 0 Å². The molecule has 2 aliphatic rings. The molecule has 0 aromatic rings. The van der Waals surface area contributed by atoms with Crippen LogP contribution < -0.4 is 5.32 Å². The van der Waals surface area contributed by atoms with Crippen LogP contribution in [0.2, 0.25) is 0 Å². The highest BCUT2D eigenvalue weighted by atomic mass is 127. The smallest absolute Gasteiger partial charge is 0.0683 e. The summed E-state index contributed by atoms with van der Waals surface area (Å²) in [6, 6.07) is 0. The lowest BCUT2D eigenvalue weighted by molar-refractivity contribution is 0.111. The summed E-state index contributed by atoms with van der Waals surface area (Å²) >= 11 is 2.42. The molecular weight excluding hydrogens is 265 g/mol. The van der Waals surface area contributed by atoms with Gasteiger partial charge in [-0.3, -0.25) is 0 Å². The molecule has 12 heavy (non-hydrogen) atoms. The molecule has 2 nitrogen and oxygen atoms in total. The van der Waals surface area contributed by atoms with Crippen molar-refractivity contribution in [3.8, 4) is 0 Å². The van der Waals surface area contributed by atoms with Gasteiger partial charge in [-0.1, -0.05) is 29.0 Å². The normalized spacial score (nSPS) is 42.2. The summed E-state index contributed by atoms with van der Waals surface area (Å²) in [7, 11) is 0. The summed E-state index contributed by atoms with van der Waals surface area (Å²) < 4.78 is 6.87. The van der Waals surface area contributed by atoms with E-state index < -0.39 is 0 Å². The lowest BCUT2D eigenvalue weighted by Gasteiger charge is -2.33. The van der Waals surface area contributed by atoms with Crippen molar-refractivity contribution in [3.05, 3.63) is 0 Å². The maximum absolute atomic E-state index is 5.73. The highest BCUT2D eigenvalue weighted by Crippen LogP contribution is 2.32. The second-order valence-corrected chi connectivity index (χ2v) is 4.84. The van der Waals surface area contributed by atoms with E-state index in [1.54, 1.807) is 0 Å². The molecule has 2 fully saturated rings. The van der Waals surface area contributed by atoms with Crippen molar-refractivity contribution in [1.82, 2.24) is 5.32 Å². The Balaban J connectivity index is 1.94. The number of piperidine rings is 1. The molecule has 0 aromatic heterocycles. The van der Waals surface area contributed by atoms with E-state index in [4.69, 9.17) is 4.74 Å². The van der Waals surface area contributed by atoms with Crippen LogP contribution in [0, 0.1) is 0 Å². The monoisotopic (exact) mass is 281 g/mol. The van der Waals surface area contributed by atoms with E-state index in [2.05, 4.69) is 27.9 Å². The number of alkyl halides is 1. The first-order chi connectivity index (χ1) is 5.85. The molecule has 0 amide bonds. The first-order valence-corrected chi connectivity index (χ1v) is 6.30. The zero-order valence-electron chi connectivity index (χ0n) is 7.31. The first kappa shape index (κ1) is 9.21. The van der Waals surface area contributed by atoms with Crippen molar-refractivity contribution < 1.29 is 4.74 Å². The average molecular weight is 281 g/mol. The molecule has 0 saturated carbocycles. The summed E-state index contributed by atoms with van der Waals surface area (Å²) in [6.45, 7) is 2.14. The van der Waals surface area contributed by atoms with E-state index in [0.717, 1.165) is 11.0 Å². The molecule has 3 heteroatoms. The Bertz CT molecular complexity index is 157. The minimum absolute atomic E-state index is 0.369. The van der Waals surface area contributed by atoms with Crippen LogP contribution in [0.1, 0.15) is 25.7 Å². The van der Waals surface area contributed by atoms with Crippen LogP contribution in [-0.2, 0) is 4.74 Å². The molecule has 1 N–H and O–H groups in total. The summed E-state index contributed by atoms with van der Waals surface area (Å²) in [5, 5.41) is 3.63. The van der Waals surface area contributed by atoms with Gasteiger partial charge in [0.05, 0.1) is 12.7 Å². The summed E-state index contributed by atoms with van der Waals surface area (Å²) in [6.07, 6.45) is 5.79. The molecule has 2 atom stereocenters. The van der Waals surface area contributed by atoms with Crippen LogP contribution in [0.3, 0.4) is 0 Å². The van der Waals surface area contributed by atoms with Gasteiger partial charge in [0.15, 0.2) is 0 Å². The van der Waals surface area contributed by atoms with Gasteiger partial charge in [-0.05, 0) is 25.8 Å². The Hall–Kier alpha value is 0.650. The fourth-order valence-corrected chi connectivity index (χ4v) is 2.82. The number of hydrogen-bond donors (Lipinski definition) is 1. The molecule has 70 valence electrons. The predicted octanol–water partition coefficient (Wildman–Crippen LogP) is 1.72. The highest BCUT2D eigenvalue weighted by Gasteiger charge is 2.39. The molecule has 2 heterocycles. The molecule has 0 aliphatic carbocycles. The molecular formula is C9H16INO. The molecule has 1 spiro atoms. The Labute approximate surface area is 87.6 Å². The molecule has 2 saturated heterocycles. The van der Waals surface area contributed by atoms with Crippen LogP contribution in [0.4, 0.5) is 0 Å². The molecule has 2 aliphatic heterocycles. The van der Waals surface area contributed by atoms with Gasteiger partial charge in [-0.15, -0.1) is 0 Å². The third-order valence-electron chi connectivity index (χ3n) is 2.97. The summed E-state index contributed by atoms with van der Waals surface area (Å²) in [5.41, 5.74) is 0.369.